The minimum absolute atomic E-state index is 0.620. The van der Waals surface area contributed by atoms with Crippen LogP contribution in [-0.4, -0.2) is 15.0 Å². The van der Waals surface area contributed by atoms with Gasteiger partial charge in [0, 0.05) is 5.69 Å². The number of nitrogens with one attached hydrogen (secondary N) is 1. The highest BCUT2D eigenvalue weighted by molar-refractivity contribution is 5.80. The number of fused-ring (bicyclic) bond motifs is 1. The van der Waals surface area contributed by atoms with E-state index in [4.69, 9.17) is 5.26 Å². The summed E-state index contributed by atoms with van der Waals surface area (Å²) in [5.41, 5.74) is 4.07. The normalized spacial score (nSPS) is 10.4. The number of aromatic nitrogens is 3. The highest BCUT2D eigenvalue weighted by Gasteiger charge is 2.06. The molecule has 1 N–H and O–H groups in total. The van der Waals surface area contributed by atoms with Crippen LogP contribution in [0.1, 0.15) is 11.3 Å². The highest BCUT2D eigenvalue weighted by Crippen LogP contribution is 2.19. The molecule has 0 aliphatic carbocycles. The molecule has 0 amide bonds. The van der Waals surface area contributed by atoms with E-state index < -0.39 is 0 Å². The van der Waals surface area contributed by atoms with Crippen LogP contribution in [0.5, 0.6) is 0 Å². The van der Waals surface area contributed by atoms with Gasteiger partial charge in [-0.15, -0.1) is 0 Å². The highest BCUT2D eigenvalue weighted by atomic mass is 14.9. The Hall–Kier alpha value is -2.67. The van der Waals surface area contributed by atoms with Gasteiger partial charge in [-0.2, -0.15) is 5.26 Å². The van der Waals surface area contributed by atoms with E-state index in [1.54, 1.807) is 12.1 Å². The predicted molar refractivity (Wildman–Crippen MR) is 68.8 cm³/mol. The molecular formula is C14H10N4. The number of hydrogen-bond acceptors (Lipinski definition) is 3. The van der Waals surface area contributed by atoms with Crippen LogP contribution in [0.2, 0.25) is 0 Å². The van der Waals surface area contributed by atoms with Gasteiger partial charge in [0.2, 0.25) is 0 Å². The second-order valence-electron chi connectivity index (χ2n) is 4.09. The maximum Gasteiger partial charge on any atom is 0.157 e. The molecule has 0 saturated carbocycles. The van der Waals surface area contributed by atoms with Crippen molar-refractivity contribution in [3.63, 3.8) is 0 Å². The second-order valence-corrected chi connectivity index (χ2v) is 4.09. The van der Waals surface area contributed by atoms with Crippen molar-refractivity contribution >= 4 is 11.0 Å². The average molecular weight is 234 g/mol. The largest absolute Gasteiger partial charge is 0.337 e. The maximum atomic E-state index is 8.86. The summed E-state index contributed by atoms with van der Waals surface area (Å²) in [5, 5.41) is 8.86. The second kappa shape index (κ2) is 3.97. The zero-order valence-electron chi connectivity index (χ0n) is 9.81. The standard InChI is InChI=1S/C14H10N4/c1-9-3-2-4-12(16-9)14-17-11-6-5-10(8-15)7-13(11)18-14/h2-7H,1H3,(H,17,18). The molecule has 0 fully saturated rings. The Morgan fingerprint density at radius 3 is 2.83 bits per heavy atom. The molecule has 2 aromatic heterocycles. The van der Waals surface area contributed by atoms with Crippen LogP contribution >= 0.6 is 0 Å². The lowest BCUT2D eigenvalue weighted by molar-refractivity contribution is 1.17. The smallest absolute Gasteiger partial charge is 0.157 e. The molecule has 0 unspecified atom stereocenters. The van der Waals surface area contributed by atoms with Gasteiger partial charge in [0.1, 0.15) is 5.69 Å². The summed E-state index contributed by atoms with van der Waals surface area (Å²) >= 11 is 0. The van der Waals surface area contributed by atoms with Crippen LogP contribution in [0.25, 0.3) is 22.6 Å². The van der Waals surface area contributed by atoms with E-state index >= 15 is 0 Å². The SMILES string of the molecule is Cc1cccc(-c2nc3ccc(C#N)cc3[nH]2)n1. The molecule has 86 valence electrons. The monoisotopic (exact) mass is 234 g/mol. The average Bonchev–Trinajstić information content (AvgIpc) is 2.81. The van der Waals surface area contributed by atoms with Gasteiger partial charge < -0.3 is 4.98 Å². The van der Waals surface area contributed by atoms with Crippen molar-refractivity contribution in [2.24, 2.45) is 0 Å². The van der Waals surface area contributed by atoms with Gasteiger partial charge >= 0.3 is 0 Å². The Balaban J connectivity index is 2.17. The summed E-state index contributed by atoms with van der Waals surface area (Å²) in [4.78, 5) is 12.1. The van der Waals surface area contributed by atoms with E-state index in [0.29, 0.717) is 5.56 Å². The third-order valence-corrected chi connectivity index (χ3v) is 2.74. The van der Waals surface area contributed by atoms with E-state index in [2.05, 4.69) is 21.0 Å². The van der Waals surface area contributed by atoms with Crippen molar-refractivity contribution in [2.45, 2.75) is 6.92 Å². The third-order valence-electron chi connectivity index (χ3n) is 2.74. The molecule has 4 heteroatoms. The van der Waals surface area contributed by atoms with Crippen molar-refractivity contribution in [3.8, 4) is 17.6 Å². The first-order valence-corrected chi connectivity index (χ1v) is 5.60. The van der Waals surface area contributed by atoms with E-state index in [1.807, 2.05) is 31.2 Å². The zero-order chi connectivity index (χ0) is 12.5. The van der Waals surface area contributed by atoms with Crippen molar-refractivity contribution in [2.75, 3.05) is 0 Å². The van der Waals surface area contributed by atoms with Gasteiger partial charge in [-0.05, 0) is 37.3 Å². The lowest BCUT2D eigenvalue weighted by atomic mass is 10.2. The molecule has 3 aromatic rings. The predicted octanol–water partition coefficient (Wildman–Crippen LogP) is 2.81. The lowest BCUT2D eigenvalue weighted by Crippen LogP contribution is -1.87. The quantitative estimate of drug-likeness (QED) is 0.704. The molecule has 18 heavy (non-hydrogen) atoms. The van der Waals surface area contributed by atoms with Crippen molar-refractivity contribution < 1.29 is 0 Å². The molecule has 2 heterocycles. The topological polar surface area (TPSA) is 65.4 Å². The maximum absolute atomic E-state index is 8.86. The van der Waals surface area contributed by atoms with E-state index in [1.165, 1.54) is 0 Å². The molecule has 4 nitrogen and oxygen atoms in total. The number of H-pyrrole nitrogens is 1. The number of nitrogens with zero attached hydrogens (tertiary/aromatic N) is 3. The van der Waals surface area contributed by atoms with Gasteiger partial charge in [-0.1, -0.05) is 6.07 Å². The van der Waals surface area contributed by atoms with Crippen LogP contribution in [-0.2, 0) is 0 Å². The van der Waals surface area contributed by atoms with Crippen LogP contribution in [0.15, 0.2) is 36.4 Å². The Morgan fingerprint density at radius 1 is 1.17 bits per heavy atom. The number of aryl methyl sites for hydroxylation is 1. The van der Waals surface area contributed by atoms with Gasteiger partial charge in [-0.25, -0.2) is 9.97 Å². The van der Waals surface area contributed by atoms with Crippen molar-refractivity contribution in [1.82, 2.24) is 15.0 Å². The zero-order valence-corrected chi connectivity index (χ0v) is 9.81. The Labute approximate surface area is 104 Å². The first kappa shape index (κ1) is 10.5. The molecule has 0 radical (unpaired) electrons. The summed E-state index contributed by atoms with van der Waals surface area (Å²) in [6.07, 6.45) is 0. The van der Waals surface area contributed by atoms with Crippen molar-refractivity contribution in [3.05, 3.63) is 47.7 Å². The summed E-state index contributed by atoms with van der Waals surface area (Å²) in [7, 11) is 0. The summed E-state index contributed by atoms with van der Waals surface area (Å²) in [5.74, 6) is 0.726. The number of pyridine rings is 1. The number of hydrogen-bond donors (Lipinski definition) is 1. The molecule has 0 bridgehead atoms. The van der Waals surface area contributed by atoms with Crippen LogP contribution in [0.4, 0.5) is 0 Å². The summed E-state index contributed by atoms with van der Waals surface area (Å²) in [6, 6.07) is 13.3. The minimum atomic E-state index is 0.620. The number of imidazole rings is 1. The number of nitriles is 1. The molecule has 1 aromatic carbocycles. The van der Waals surface area contributed by atoms with Crippen LogP contribution in [0, 0.1) is 18.3 Å². The molecule has 0 saturated heterocycles. The fraction of sp³-hybridized carbons (Fsp3) is 0.0714. The van der Waals surface area contributed by atoms with Crippen LogP contribution in [0.3, 0.4) is 0 Å². The first-order chi connectivity index (χ1) is 8.76. The first-order valence-electron chi connectivity index (χ1n) is 5.60. The molecule has 0 aliphatic rings. The van der Waals surface area contributed by atoms with Gasteiger partial charge in [0.25, 0.3) is 0 Å². The van der Waals surface area contributed by atoms with Crippen molar-refractivity contribution in [1.29, 1.82) is 5.26 Å². The Morgan fingerprint density at radius 2 is 2.06 bits per heavy atom. The molecule has 0 aliphatic heterocycles. The summed E-state index contributed by atoms with van der Waals surface area (Å²) in [6.45, 7) is 1.94. The Kier molecular flexibility index (Phi) is 2.31. The van der Waals surface area contributed by atoms with E-state index in [-0.39, 0.29) is 0 Å². The van der Waals surface area contributed by atoms with Gasteiger partial charge in [-0.3, -0.25) is 0 Å². The fourth-order valence-corrected chi connectivity index (χ4v) is 1.88. The van der Waals surface area contributed by atoms with Gasteiger partial charge in [0.05, 0.1) is 22.7 Å². The molecule has 3 rings (SSSR count). The van der Waals surface area contributed by atoms with Gasteiger partial charge in [0.15, 0.2) is 5.82 Å². The Bertz CT molecular complexity index is 765. The molecule has 0 atom stereocenters. The lowest BCUT2D eigenvalue weighted by Gasteiger charge is -1.96. The molecular weight excluding hydrogens is 224 g/mol. The summed E-state index contributed by atoms with van der Waals surface area (Å²) < 4.78 is 0. The van der Waals surface area contributed by atoms with Crippen LogP contribution < -0.4 is 0 Å². The fourth-order valence-electron chi connectivity index (χ4n) is 1.88. The van der Waals surface area contributed by atoms with E-state index in [0.717, 1.165) is 28.2 Å². The number of rotatable bonds is 1. The molecule has 0 spiro atoms. The number of aromatic amines is 1. The third kappa shape index (κ3) is 1.72. The van der Waals surface area contributed by atoms with E-state index in [9.17, 15) is 0 Å². The minimum Gasteiger partial charge on any atom is -0.337 e. The number of benzene rings is 1.